The molecule has 7 nitrogen and oxygen atoms in total. The number of rotatable bonds is 5. The molecule has 1 aliphatic carbocycles. The van der Waals surface area contributed by atoms with E-state index >= 15 is 0 Å². The Morgan fingerprint density at radius 2 is 1.93 bits per heavy atom. The van der Waals surface area contributed by atoms with Gasteiger partial charge in [-0.15, -0.1) is 0 Å². The molecule has 3 rings (SSSR count). The number of benzene rings is 1. The zero-order valence-electron chi connectivity index (χ0n) is 15.5. The number of carbonyl (C=O) groups is 2. The smallest absolute Gasteiger partial charge is 0.251 e. The minimum absolute atomic E-state index is 0.0252. The molecule has 2 aromatic rings. The molecule has 0 radical (unpaired) electrons. The molecule has 0 saturated heterocycles. The van der Waals surface area contributed by atoms with Crippen molar-refractivity contribution in [3.05, 3.63) is 54.0 Å². The predicted octanol–water partition coefficient (Wildman–Crippen LogP) is 2.21. The molecule has 1 aliphatic rings. The average molecular weight is 371 g/mol. The number of furan rings is 1. The van der Waals surface area contributed by atoms with Gasteiger partial charge in [0, 0.05) is 23.4 Å². The number of hydrogen-bond donors (Lipinski definition) is 3. The molecular weight excluding hydrogens is 346 g/mol. The molecule has 1 heterocycles. The summed E-state index contributed by atoms with van der Waals surface area (Å²) >= 11 is 0. The third kappa shape index (κ3) is 4.14. The van der Waals surface area contributed by atoms with E-state index in [1.54, 1.807) is 37.6 Å². The number of ether oxygens (including phenoxy) is 1. The molecule has 1 fully saturated rings. The maximum atomic E-state index is 12.6. The van der Waals surface area contributed by atoms with Gasteiger partial charge in [-0.05, 0) is 55.2 Å². The highest BCUT2D eigenvalue weighted by Crippen LogP contribution is 2.41. The van der Waals surface area contributed by atoms with Crippen LogP contribution in [-0.2, 0) is 4.79 Å². The third-order valence-corrected chi connectivity index (χ3v) is 5.42. The Morgan fingerprint density at radius 1 is 1.19 bits per heavy atom. The van der Waals surface area contributed by atoms with Crippen molar-refractivity contribution in [2.45, 2.75) is 31.7 Å². The molecule has 1 aromatic carbocycles. The number of nitrogens with one attached hydrogen (secondary N) is 2. The predicted molar refractivity (Wildman–Crippen MR) is 99.9 cm³/mol. The van der Waals surface area contributed by atoms with Gasteiger partial charge in [-0.3, -0.25) is 15.0 Å². The lowest BCUT2D eigenvalue weighted by Crippen LogP contribution is -2.49. The van der Waals surface area contributed by atoms with Crippen molar-refractivity contribution in [1.29, 1.82) is 0 Å². The number of carbonyl (C=O) groups excluding carboxylic acids is 2. The molecule has 0 bridgehead atoms. The summed E-state index contributed by atoms with van der Waals surface area (Å²) < 4.78 is 10.7. The summed E-state index contributed by atoms with van der Waals surface area (Å²) in [6, 6.07) is 10.5. The second-order valence-electron chi connectivity index (χ2n) is 6.97. The lowest BCUT2D eigenvalue weighted by Gasteiger charge is -2.38. The minimum atomic E-state index is -0.306. The van der Waals surface area contributed by atoms with Crippen LogP contribution < -0.4 is 21.3 Å². The SMILES string of the molecule is COc1ccc(C(=O)NC2CC(C(=O)NN)C(C)C(c3ccco3)C2)cc1. The molecule has 2 amide bonds. The third-order valence-electron chi connectivity index (χ3n) is 5.42. The van der Waals surface area contributed by atoms with E-state index in [9.17, 15) is 9.59 Å². The molecule has 4 unspecified atom stereocenters. The average Bonchev–Trinajstić information content (AvgIpc) is 3.23. The molecule has 27 heavy (non-hydrogen) atoms. The van der Waals surface area contributed by atoms with Crippen molar-refractivity contribution in [2.75, 3.05) is 7.11 Å². The first-order valence-corrected chi connectivity index (χ1v) is 9.02. The van der Waals surface area contributed by atoms with Crippen LogP contribution in [-0.4, -0.2) is 25.0 Å². The van der Waals surface area contributed by atoms with Gasteiger partial charge in [-0.2, -0.15) is 0 Å². The number of nitrogens with two attached hydrogens (primary N) is 1. The van der Waals surface area contributed by atoms with Gasteiger partial charge in [0.2, 0.25) is 5.91 Å². The fourth-order valence-corrected chi connectivity index (χ4v) is 3.88. The van der Waals surface area contributed by atoms with Gasteiger partial charge >= 0.3 is 0 Å². The topological polar surface area (TPSA) is 107 Å². The lowest BCUT2D eigenvalue weighted by molar-refractivity contribution is -0.128. The van der Waals surface area contributed by atoms with Gasteiger partial charge in [0.15, 0.2) is 0 Å². The highest BCUT2D eigenvalue weighted by Gasteiger charge is 2.41. The van der Waals surface area contributed by atoms with Crippen LogP contribution in [0.25, 0.3) is 0 Å². The Labute approximate surface area is 158 Å². The zero-order valence-corrected chi connectivity index (χ0v) is 15.5. The van der Waals surface area contributed by atoms with E-state index in [1.807, 2.05) is 19.1 Å². The second-order valence-corrected chi connectivity index (χ2v) is 6.97. The fourth-order valence-electron chi connectivity index (χ4n) is 3.88. The van der Waals surface area contributed by atoms with Crippen LogP contribution in [0.1, 0.15) is 41.8 Å². The summed E-state index contributed by atoms with van der Waals surface area (Å²) in [6.45, 7) is 2.02. The maximum absolute atomic E-state index is 12.6. The Balaban J connectivity index is 1.76. The summed E-state index contributed by atoms with van der Waals surface area (Å²) in [5.74, 6) is 6.25. The van der Waals surface area contributed by atoms with E-state index in [2.05, 4.69) is 10.7 Å². The van der Waals surface area contributed by atoms with Crippen molar-refractivity contribution in [2.24, 2.45) is 17.7 Å². The van der Waals surface area contributed by atoms with E-state index in [4.69, 9.17) is 15.0 Å². The molecule has 7 heteroatoms. The second kappa shape index (κ2) is 8.26. The van der Waals surface area contributed by atoms with Crippen LogP contribution in [0.3, 0.4) is 0 Å². The standard InChI is InChI=1S/C20H25N3O4/c1-12-16(18-4-3-9-27-18)10-14(11-17(12)20(25)23-21)22-19(24)13-5-7-15(26-2)8-6-13/h3-9,12,14,16-17H,10-11,21H2,1-2H3,(H,22,24)(H,23,25). The van der Waals surface area contributed by atoms with E-state index in [1.165, 1.54) is 0 Å². The van der Waals surface area contributed by atoms with Gasteiger partial charge < -0.3 is 14.5 Å². The van der Waals surface area contributed by atoms with Crippen molar-refractivity contribution in [3.8, 4) is 5.75 Å². The first-order chi connectivity index (χ1) is 13.0. The Hall–Kier alpha value is -2.80. The molecule has 4 atom stereocenters. The molecule has 4 N–H and O–H groups in total. The normalized spacial score (nSPS) is 24.9. The Kier molecular flexibility index (Phi) is 5.81. The molecule has 0 spiro atoms. The molecular formula is C20H25N3O4. The fraction of sp³-hybridized carbons (Fsp3) is 0.400. The molecule has 144 valence electrons. The van der Waals surface area contributed by atoms with Crippen molar-refractivity contribution >= 4 is 11.8 Å². The van der Waals surface area contributed by atoms with Gasteiger partial charge in [0.05, 0.1) is 13.4 Å². The summed E-state index contributed by atoms with van der Waals surface area (Å²) in [5.41, 5.74) is 2.80. The summed E-state index contributed by atoms with van der Waals surface area (Å²) in [5, 5.41) is 3.05. The van der Waals surface area contributed by atoms with Gasteiger partial charge in [0.25, 0.3) is 5.91 Å². The van der Waals surface area contributed by atoms with Gasteiger partial charge in [-0.25, -0.2) is 5.84 Å². The van der Waals surface area contributed by atoms with Gasteiger partial charge in [0.1, 0.15) is 11.5 Å². The number of amides is 2. The lowest BCUT2D eigenvalue weighted by atomic mass is 9.69. The highest BCUT2D eigenvalue weighted by molar-refractivity contribution is 5.94. The highest BCUT2D eigenvalue weighted by atomic mass is 16.5. The van der Waals surface area contributed by atoms with E-state index in [-0.39, 0.29) is 35.6 Å². The Bertz CT molecular complexity index is 773. The van der Waals surface area contributed by atoms with Crippen LogP contribution in [0.5, 0.6) is 5.75 Å². The molecule has 0 aliphatic heterocycles. The minimum Gasteiger partial charge on any atom is -0.497 e. The van der Waals surface area contributed by atoms with E-state index in [0.717, 1.165) is 5.76 Å². The van der Waals surface area contributed by atoms with Crippen LogP contribution in [0.2, 0.25) is 0 Å². The Morgan fingerprint density at radius 3 is 2.52 bits per heavy atom. The first kappa shape index (κ1) is 19.0. The largest absolute Gasteiger partial charge is 0.497 e. The van der Waals surface area contributed by atoms with Gasteiger partial charge in [-0.1, -0.05) is 6.92 Å². The van der Waals surface area contributed by atoms with Crippen molar-refractivity contribution < 1.29 is 18.7 Å². The summed E-state index contributed by atoms with van der Waals surface area (Å²) in [4.78, 5) is 24.9. The van der Waals surface area contributed by atoms with E-state index in [0.29, 0.717) is 24.2 Å². The maximum Gasteiger partial charge on any atom is 0.251 e. The summed E-state index contributed by atoms with van der Waals surface area (Å²) in [7, 11) is 1.58. The van der Waals surface area contributed by atoms with Crippen LogP contribution in [0.15, 0.2) is 47.1 Å². The quantitative estimate of drug-likeness (QED) is 0.424. The van der Waals surface area contributed by atoms with Crippen LogP contribution in [0, 0.1) is 11.8 Å². The molecule has 1 aromatic heterocycles. The van der Waals surface area contributed by atoms with Crippen LogP contribution in [0.4, 0.5) is 0 Å². The first-order valence-electron chi connectivity index (χ1n) is 9.02. The zero-order chi connectivity index (χ0) is 19.4. The number of methoxy groups -OCH3 is 1. The van der Waals surface area contributed by atoms with E-state index < -0.39 is 0 Å². The van der Waals surface area contributed by atoms with Crippen molar-refractivity contribution in [1.82, 2.24) is 10.7 Å². The van der Waals surface area contributed by atoms with Crippen molar-refractivity contribution in [3.63, 3.8) is 0 Å². The molecule has 1 saturated carbocycles. The monoisotopic (exact) mass is 371 g/mol. The number of hydrogen-bond acceptors (Lipinski definition) is 5. The summed E-state index contributed by atoms with van der Waals surface area (Å²) in [6.07, 6.45) is 2.86. The number of hydrazine groups is 1. The van der Waals surface area contributed by atoms with Crippen LogP contribution >= 0.6 is 0 Å².